The number of unbranched alkanes of at least 4 members (excludes halogenated alkanes) is 1. The zero-order chi connectivity index (χ0) is 23.2. The van der Waals surface area contributed by atoms with Crippen LogP contribution >= 0.6 is 0 Å². The van der Waals surface area contributed by atoms with E-state index in [1.165, 1.54) is 51.0 Å². The smallest absolute Gasteiger partial charge is 0.159 e. The van der Waals surface area contributed by atoms with Gasteiger partial charge in [0.25, 0.3) is 0 Å². The van der Waals surface area contributed by atoms with E-state index in [9.17, 15) is 13.2 Å². The summed E-state index contributed by atoms with van der Waals surface area (Å²) in [6.45, 7) is 2.26. The molecular formula is C30H31F3. The molecule has 1 saturated carbocycles. The van der Waals surface area contributed by atoms with Crippen molar-refractivity contribution in [2.75, 3.05) is 0 Å². The molecule has 0 bridgehead atoms. The molecular weight excluding hydrogens is 417 g/mol. The third-order valence-electron chi connectivity index (χ3n) is 7.03. The maximum absolute atomic E-state index is 14.6. The third-order valence-corrected chi connectivity index (χ3v) is 7.03. The summed E-state index contributed by atoms with van der Waals surface area (Å²) in [7, 11) is 0. The van der Waals surface area contributed by atoms with Gasteiger partial charge in [-0.2, -0.15) is 0 Å². The van der Waals surface area contributed by atoms with Gasteiger partial charge in [0, 0.05) is 5.56 Å². The minimum absolute atomic E-state index is 0.308. The van der Waals surface area contributed by atoms with Gasteiger partial charge in [0.15, 0.2) is 11.6 Å². The largest absolute Gasteiger partial charge is 0.206 e. The molecule has 0 aromatic heterocycles. The maximum Gasteiger partial charge on any atom is 0.159 e. The molecule has 0 heterocycles. The zero-order valence-electron chi connectivity index (χ0n) is 19.3. The molecule has 0 saturated heterocycles. The molecule has 3 aromatic rings. The lowest BCUT2D eigenvalue weighted by atomic mass is 9.78. The molecule has 0 aliphatic heterocycles. The minimum atomic E-state index is -0.890. The summed E-state index contributed by atoms with van der Waals surface area (Å²) < 4.78 is 41.5. The Balaban J connectivity index is 1.35. The maximum atomic E-state index is 14.6. The van der Waals surface area contributed by atoms with E-state index in [2.05, 4.69) is 18.8 Å². The molecule has 0 spiro atoms. The van der Waals surface area contributed by atoms with E-state index >= 15 is 0 Å². The van der Waals surface area contributed by atoms with Gasteiger partial charge in [-0.25, -0.2) is 13.2 Å². The molecule has 33 heavy (non-hydrogen) atoms. The summed E-state index contributed by atoms with van der Waals surface area (Å²) in [4.78, 5) is 0. The lowest BCUT2D eigenvalue weighted by Crippen LogP contribution is -2.15. The highest BCUT2D eigenvalue weighted by atomic mass is 19.2. The van der Waals surface area contributed by atoms with E-state index in [0.29, 0.717) is 21.9 Å². The number of hydrogen-bond donors (Lipinski definition) is 0. The van der Waals surface area contributed by atoms with Gasteiger partial charge >= 0.3 is 0 Å². The van der Waals surface area contributed by atoms with Crippen molar-refractivity contribution in [2.24, 2.45) is 11.8 Å². The molecule has 0 atom stereocenters. The van der Waals surface area contributed by atoms with E-state index in [1.54, 1.807) is 30.3 Å². The summed E-state index contributed by atoms with van der Waals surface area (Å²) in [5, 5.41) is 1.17. The van der Waals surface area contributed by atoms with E-state index in [-0.39, 0.29) is 5.82 Å². The van der Waals surface area contributed by atoms with Gasteiger partial charge in [0.05, 0.1) is 5.56 Å². The van der Waals surface area contributed by atoms with Crippen LogP contribution in [0.1, 0.15) is 75.0 Å². The van der Waals surface area contributed by atoms with E-state index < -0.39 is 11.6 Å². The number of fused-ring (bicyclic) bond motifs is 1. The molecule has 0 nitrogen and oxygen atoms in total. The fourth-order valence-corrected chi connectivity index (χ4v) is 4.95. The monoisotopic (exact) mass is 448 g/mol. The Morgan fingerprint density at radius 3 is 2.12 bits per heavy atom. The average Bonchev–Trinajstić information content (AvgIpc) is 2.82. The standard InChI is InChI=1S/C30H31F3/c1-2-3-4-21-5-7-22(8-6-21)9-10-24-12-15-25(28(31)18-24)14-11-23-13-16-26-19-29(32)30(33)20-27(26)17-23/h12-13,15-22H,2-10H2,1H3. The Bertz CT molecular complexity index is 1160. The predicted octanol–water partition coefficient (Wildman–Crippen LogP) is 8.59. The van der Waals surface area contributed by atoms with Crippen molar-refractivity contribution in [3.05, 3.63) is 82.7 Å². The van der Waals surface area contributed by atoms with Crippen LogP contribution in [0, 0.1) is 41.1 Å². The Morgan fingerprint density at radius 1 is 0.727 bits per heavy atom. The van der Waals surface area contributed by atoms with Crippen molar-refractivity contribution in [1.82, 2.24) is 0 Å². The Kier molecular flexibility index (Phi) is 7.76. The second kappa shape index (κ2) is 10.9. The molecule has 4 rings (SSSR count). The van der Waals surface area contributed by atoms with Gasteiger partial charge in [0.1, 0.15) is 5.82 Å². The SMILES string of the molecule is CCCCC1CCC(CCc2ccc(C#Cc3ccc4cc(F)c(F)cc4c3)c(F)c2)CC1. The Labute approximate surface area is 195 Å². The van der Waals surface area contributed by atoms with Gasteiger partial charge in [-0.3, -0.25) is 0 Å². The topological polar surface area (TPSA) is 0 Å². The van der Waals surface area contributed by atoms with E-state index in [1.807, 2.05) is 6.07 Å². The Morgan fingerprint density at radius 2 is 1.42 bits per heavy atom. The van der Waals surface area contributed by atoms with Gasteiger partial charge in [-0.1, -0.05) is 75.8 Å². The summed E-state index contributed by atoms with van der Waals surface area (Å²) in [6, 6.07) is 12.8. The highest BCUT2D eigenvalue weighted by molar-refractivity contribution is 5.84. The highest BCUT2D eigenvalue weighted by Gasteiger charge is 2.20. The van der Waals surface area contributed by atoms with Crippen LogP contribution in [0.2, 0.25) is 0 Å². The van der Waals surface area contributed by atoms with Gasteiger partial charge < -0.3 is 0 Å². The first-order chi connectivity index (χ1) is 16.0. The van der Waals surface area contributed by atoms with Crippen LogP contribution in [0.5, 0.6) is 0 Å². The molecule has 3 aromatic carbocycles. The summed E-state index contributed by atoms with van der Waals surface area (Å²) in [5.74, 6) is 5.43. The van der Waals surface area contributed by atoms with Crippen molar-refractivity contribution < 1.29 is 13.2 Å². The summed E-state index contributed by atoms with van der Waals surface area (Å²) in [5.41, 5.74) is 2.00. The molecule has 0 unspecified atom stereocenters. The van der Waals surface area contributed by atoms with Crippen LogP contribution in [-0.4, -0.2) is 0 Å². The second-order valence-electron chi connectivity index (χ2n) is 9.46. The number of hydrogen-bond acceptors (Lipinski definition) is 0. The van der Waals surface area contributed by atoms with Gasteiger partial charge in [-0.15, -0.1) is 0 Å². The number of benzene rings is 3. The van der Waals surface area contributed by atoms with E-state index in [0.717, 1.165) is 36.3 Å². The zero-order valence-corrected chi connectivity index (χ0v) is 19.3. The molecule has 1 aliphatic rings. The van der Waals surface area contributed by atoms with Crippen molar-refractivity contribution in [2.45, 2.75) is 64.7 Å². The average molecular weight is 449 g/mol. The van der Waals surface area contributed by atoms with Gasteiger partial charge in [-0.05, 0) is 77.4 Å². The van der Waals surface area contributed by atoms with Crippen molar-refractivity contribution in [1.29, 1.82) is 0 Å². The predicted molar refractivity (Wildman–Crippen MR) is 130 cm³/mol. The van der Waals surface area contributed by atoms with Crippen LogP contribution < -0.4 is 0 Å². The molecule has 0 N–H and O–H groups in total. The molecule has 0 amide bonds. The quantitative estimate of drug-likeness (QED) is 0.331. The highest BCUT2D eigenvalue weighted by Crippen LogP contribution is 2.34. The first kappa shape index (κ1) is 23.4. The van der Waals surface area contributed by atoms with Gasteiger partial charge in [0.2, 0.25) is 0 Å². The number of rotatable bonds is 6. The van der Waals surface area contributed by atoms with Crippen LogP contribution in [0.15, 0.2) is 48.5 Å². The Hall–Kier alpha value is -2.73. The molecule has 1 aliphatic carbocycles. The first-order valence-electron chi connectivity index (χ1n) is 12.2. The van der Waals surface area contributed by atoms with Crippen molar-refractivity contribution >= 4 is 10.8 Å². The lowest BCUT2D eigenvalue weighted by Gasteiger charge is -2.28. The lowest BCUT2D eigenvalue weighted by molar-refractivity contribution is 0.250. The van der Waals surface area contributed by atoms with E-state index in [4.69, 9.17) is 0 Å². The summed E-state index contributed by atoms with van der Waals surface area (Å²) in [6.07, 6.45) is 11.4. The first-order valence-corrected chi connectivity index (χ1v) is 12.2. The van der Waals surface area contributed by atoms with Crippen LogP contribution in [-0.2, 0) is 6.42 Å². The summed E-state index contributed by atoms with van der Waals surface area (Å²) >= 11 is 0. The van der Waals surface area contributed by atoms with Crippen LogP contribution in [0.4, 0.5) is 13.2 Å². The molecule has 1 fully saturated rings. The van der Waals surface area contributed by atoms with Crippen molar-refractivity contribution in [3.63, 3.8) is 0 Å². The number of halogens is 3. The van der Waals surface area contributed by atoms with Crippen LogP contribution in [0.25, 0.3) is 10.8 Å². The van der Waals surface area contributed by atoms with Crippen LogP contribution in [0.3, 0.4) is 0 Å². The minimum Gasteiger partial charge on any atom is -0.206 e. The molecule has 0 radical (unpaired) electrons. The fourth-order valence-electron chi connectivity index (χ4n) is 4.95. The number of aryl methyl sites for hydroxylation is 1. The fraction of sp³-hybridized carbons (Fsp3) is 0.400. The normalized spacial score (nSPS) is 18.2. The second-order valence-corrected chi connectivity index (χ2v) is 9.46. The molecule has 3 heteroatoms. The molecule has 172 valence electrons. The third kappa shape index (κ3) is 6.20. The van der Waals surface area contributed by atoms with Crippen molar-refractivity contribution in [3.8, 4) is 11.8 Å².